The molecule has 1 aromatic rings. The van der Waals surface area contributed by atoms with Crippen LogP contribution in [0.4, 0.5) is 10.5 Å². The van der Waals surface area contributed by atoms with Gasteiger partial charge in [-0.05, 0) is 30.7 Å². The second kappa shape index (κ2) is 15.5. The van der Waals surface area contributed by atoms with Crippen LogP contribution in [0.1, 0.15) is 12.5 Å². The minimum Gasteiger partial charge on any atom is -0.480 e. The molecule has 0 aliphatic carbocycles. The van der Waals surface area contributed by atoms with E-state index in [1.54, 1.807) is 17.0 Å². The molecule has 0 aromatic heterocycles. The van der Waals surface area contributed by atoms with E-state index < -0.39 is 18.0 Å². The number of hydrogen-bond acceptors (Lipinski definition) is 7. The molecule has 1 fully saturated rings. The fourth-order valence-electron chi connectivity index (χ4n) is 4.30. The Hall–Kier alpha value is -2.74. The van der Waals surface area contributed by atoms with Gasteiger partial charge in [0.05, 0.1) is 18.4 Å². The van der Waals surface area contributed by atoms with Crippen molar-refractivity contribution in [3.05, 3.63) is 29.8 Å². The molecule has 2 rings (SSSR count). The number of benzene rings is 1. The first-order valence-corrected chi connectivity index (χ1v) is 13.3. The molecular formula is C24H36BrN5O7. The van der Waals surface area contributed by atoms with Crippen molar-refractivity contribution in [2.24, 2.45) is 0 Å². The topological polar surface area (TPSA) is 154 Å². The number of alkyl halides is 1. The third-order valence-corrected chi connectivity index (χ3v) is 6.82. The van der Waals surface area contributed by atoms with E-state index >= 15 is 0 Å². The van der Waals surface area contributed by atoms with Crippen LogP contribution in [0.25, 0.3) is 0 Å². The summed E-state index contributed by atoms with van der Waals surface area (Å²) in [7, 11) is 0. The number of carboxylic acids is 2. The van der Waals surface area contributed by atoms with E-state index in [1.807, 2.05) is 24.0 Å². The molecule has 0 bridgehead atoms. The summed E-state index contributed by atoms with van der Waals surface area (Å²) in [5, 5.41) is 31.5. The summed E-state index contributed by atoms with van der Waals surface area (Å²) in [6.07, 6.45) is -0.530. The van der Waals surface area contributed by atoms with Crippen molar-refractivity contribution in [2.45, 2.75) is 19.4 Å². The Balaban J connectivity index is 2.31. The van der Waals surface area contributed by atoms with E-state index in [9.17, 15) is 34.5 Å². The molecule has 0 spiro atoms. The molecule has 1 unspecified atom stereocenters. The fraction of sp³-hybridized carbons (Fsp3) is 0.583. The predicted molar refractivity (Wildman–Crippen MR) is 141 cm³/mol. The largest absolute Gasteiger partial charge is 0.480 e. The van der Waals surface area contributed by atoms with Crippen molar-refractivity contribution in [3.63, 3.8) is 0 Å². The highest BCUT2D eigenvalue weighted by Gasteiger charge is 2.26. The third-order valence-electron chi connectivity index (χ3n) is 6.31. The number of nitrogens with one attached hydrogen (secondary N) is 1. The number of carbonyl (C=O) groups is 4. The summed E-state index contributed by atoms with van der Waals surface area (Å²) < 4.78 is 0. The molecular weight excluding hydrogens is 550 g/mol. The predicted octanol–water partition coefficient (Wildman–Crippen LogP) is 1.02. The Labute approximate surface area is 224 Å². The normalized spacial score (nSPS) is 19.0. The van der Waals surface area contributed by atoms with Crippen LogP contribution in [-0.4, -0.2) is 136 Å². The molecule has 206 valence electrons. The first-order chi connectivity index (χ1) is 17.6. The van der Waals surface area contributed by atoms with Crippen LogP contribution in [-0.2, 0) is 20.8 Å². The van der Waals surface area contributed by atoms with E-state index in [4.69, 9.17) is 0 Å². The quantitative estimate of drug-likeness (QED) is 0.309. The zero-order chi connectivity index (χ0) is 27.4. The van der Waals surface area contributed by atoms with Crippen LogP contribution in [0, 0.1) is 0 Å². The van der Waals surface area contributed by atoms with Gasteiger partial charge in [0.15, 0.2) is 0 Å². The van der Waals surface area contributed by atoms with Gasteiger partial charge in [-0.3, -0.25) is 24.2 Å². The lowest BCUT2D eigenvalue weighted by molar-refractivity contribution is -0.140. The number of carboxylic acid groups (broad SMARTS) is 3. The molecule has 12 nitrogen and oxygen atoms in total. The maximum absolute atomic E-state index is 11.8. The lowest BCUT2D eigenvalue weighted by Crippen LogP contribution is -2.53. The number of anilines is 1. The molecule has 2 amide bonds. The Kier molecular flexibility index (Phi) is 12.8. The van der Waals surface area contributed by atoms with Crippen molar-refractivity contribution < 1.29 is 34.5 Å². The summed E-state index contributed by atoms with van der Waals surface area (Å²) in [5.74, 6) is -2.17. The van der Waals surface area contributed by atoms with Crippen molar-refractivity contribution in [1.29, 1.82) is 0 Å². The highest BCUT2D eigenvalue weighted by molar-refractivity contribution is 9.09. The first kappa shape index (κ1) is 30.5. The second-order valence-electron chi connectivity index (χ2n) is 8.93. The molecule has 1 aliphatic heterocycles. The van der Waals surface area contributed by atoms with Crippen LogP contribution < -0.4 is 5.32 Å². The molecule has 1 heterocycles. The SMILES string of the molecule is CCN1CCN(C(=O)O)CCN(CC(=O)O)CCN(CC(=O)O)C(Cc2ccc(NC(=O)CBr)cc2)C1. The van der Waals surface area contributed by atoms with E-state index in [2.05, 4.69) is 26.1 Å². The molecule has 1 saturated heterocycles. The van der Waals surface area contributed by atoms with E-state index in [1.165, 1.54) is 4.90 Å². The number of likely N-dealkylation sites (N-methyl/N-ethyl adjacent to an activating group) is 1. The summed E-state index contributed by atoms with van der Waals surface area (Å²) in [6.45, 7) is 4.41. The lowest BCUT2D eigenvalue weighted by Gasteiger charge is -2.37. The lowest BCUT2D eigenvalue weighted by atomic mass is 10.0. The molecule has 0 radical (unpaired) electrons. The molecule has 1 aromatic carbocycles. The van der Waals surface area contributed by atoms with Crippen molar-refractivity contribution in [2.75, 3.05) is 76.1 Å². The van der Waals surface area contributed by atoms with Gasteiger partial charge in [0.2, 0.25) is 5.91 Å². The van der Waals surface area contributed by atoms with Gasteiger partial charge >= 0.3 is 18.0 Å². The van der Waals surface area contributed by atoms with Crippen molar-refractivity contribution >= 4 is 45.6 Å². The Morgan fingerprint density at radius 1 is 0.892 bits per heavy atom. The van der Waals surface area contributed by atoms with E-state index in [-0.39, 0.29) is 56.5 Å². The average molecular weight is 586 g/mol. The average Bonchev–Trinajstić information content (AvgIpc) is 2.84. The maximum Gasteiger partial charge on any atom is 0.407 e. The van der Waals surface area contributed by atoms with Crippen LogP contribution in [0.5, 0.6) is 0 Å². The summed E-state index contributed by atoms with van der Waals surface area (Å²) >= 11 is 3.11. The van der Waals surface area contributed by atoms with Crippen molar-refractivity contribution in [1.82, 2.24) is 19.6 Å². The van der Waals surface area contributed by atoms with E-state index in [0.717, 1.165) is 5.56 Å². The van der Waals surface area contributed by atoms with Crippen LogP contribution >= 0.6 is 15.9 Å². The summed E-state index contributed by atoms with van der Waals surface area (Å²) in [6, 6.07) is 7.15. The molecule has 4 N–H and O–H groups in total. The zero-order valence-electron chi connectivity index (χ0n) is 21.0. The number of hydrogen-bond donors (Lipinski definition) is 4. The molecule has 1 atom stereocenters. The number of halogens is 1. The molecule has 37 heavy (non-hydrogen) atoms. The van der Waals surface area contributed by atoms with Gasteiger partial charge in [0.25, 0.3) is 0 Å². The number of nitrogens with zero attached hydrogens (tertiary/aromatic N) is 4. The first-order valence-electron chi connectivity index (χ1n) is 12.2. The van der Waals surface area contributed by atoms with Crippen LogP contribution in [0.3, 0.4) is 0 Å². The van der Waals surface area contributed by atoms with Crippen LogP contribution in [0.2, 0.25) is 0 Å². The monoisotopic (exact) mass is 585 g/mol. The standard InChI is InChI=1S/C24H36BrN5O7/c1-2-27-7-10-29(24(36)37)11-8-28(16-22(32)33)9-12-30(17-23(34)35)20(15-27)13-18-3-5-19(6-4-18)26-21(31)14-25/h3-6,20H,2,7-17H2,1H3,(H,26,31)(H,32,33)(H,34,35)(H,36,37). The van der Waals surface area contributed by atoms with Gasteiger partial charge in [-0.1, -0.05) is 35.0 Å². The minimum atomic E-state index is -1.06. The number of rotatable bonds is 9. The van der Waals surface area contributed by atoms with Gasteiger partial charge in [-0.15, -0.1) is 0 Å². The summed E-state index contributed by atoms with van der Waals surface area (Å²) in [4.78, 5) is 53.5. The highest BCUT2D eigenvalue weighted by atomic mass is 79.9. The highest BCUT2D eigenvalue weighted by Crippen LogP contribution is 2.16. The summed E-state index contributed by atoms with van der Waals surface area (Å²) in [5.41, 5.74) is 1.61. The number of aliphatic carboxylic acids is 2. The molecule has 0 saturated carbocycles. The molecule has 13 heteroatoms. The zero-order valence-corrected chi connectivity index (χ0v) is 22.6. The Morgan fingerprint density at radius 3 is 2.03 bits per heavy atom. The smallest absolute Gasteiger partial charge is 0.407 e. The van der Waals surface area contributed by atoms with E-state index in [0.29, 0.717) is 38.3 Å². The number of amides is 2. The van der Waals surface area contributed by atoms with Gasteiger partial charge < -0.3 is 30.4 Å². The van der Waals surface area contributed by atoms with Gasteiger partial charge in [0.1, 0.15) is 0 Å². The fourth-order valence-corrected chi connectivity index (χ4v) is 4.44. The third kappa shape index (κ3) is 11.0. The van der Waals surface area contributed by atoms with Gasteiger partial charge in [-0.25, -0.2) is 4.79 Å². The van der Waals surface area contributed by atoms with Crippen LogP contribution in [0.15, 0.2) is 24.3 Å². The number of carbonyl (C=O) groups excluding carboxylic acids is 1. The van der Waals surface area contributed by atoms with Gasteiger partial charge in [-0.2, -0.15) is 0 Å². The maximum atomic E-state index is 11.8. The second-order valence-corrected chi connectivity index (χ2v) is 9.49. The van der Waals surface area contributed by atoms with Crippen molar-refractivity contribution in [3.8, 4) is 0 Å². The Bertz CT molecular complexity index is 917. The minimum absolute atomic E-state index is 0.167. The Morgan fingerprint density at radius 2 is 1.49 bits per heavy atom. The van der Waals surface area contributed by atoms with Gasteiger partial charge in [0, 0.05) is 57.5 Å². The molecule has 1 aliphatic rings.